The molecular formula is C40H36. The van der Waals surface area contributed by atoms with Gasteiger partial charge in [-0.05, 0) is 81.3 Å². The molecule has 40 heavy (non-hydrogen) atoms. The first-order chi connectivity index (χ1) is 19.6. The Labute approximate surface area is 239 Å². The van der Waals surface area contributed by atoms with Crippen LogP contribution in [0.25, 0.3) is 33.0 Å². The lowest BCUT2D eigenvalue weighted by molar-refractivity contribution is 0.768. The minimum absolute atomic E-state index is 0.375. The molecule has 0 aliphatic heterocycles. The van der Waals surface area contributed by atoms with Crippen molar-refractivity contribution in [2.24, 2.45) is 0 Å². The molecule has 0 radical (unpaired) electrons. The molecule has 6 aromatic carbocycles. The average Bonchev–Trinajstić information content (AvgIpc) is 3.29. The third kappa shape index (κ3) is 4.25. The first-order valence-electron chi connectivity index (χ1n) is 14.4. The normalized spacial score (nSPS) is 12.8. The van der Waals surface area contributed by atoms with Crippen molar-refractivity contribution in [3.05, 3.63) is 167 Å². The molecule has 1 aliphatic carbocycles. The van der Waals surface area contributed by atoms with E-state index in [4.69, 9.17) is 0 Å². The quantitative estimate of drug-likeness (QED) is 0.219. The highest BCUT2D eigenvalue weighted by atomic mass is 14.5. The van der Waals surface area contributed by atoms with E-state index in [-0.39, 0.29) is 5.41 Å². The Bertz CT molecular complexity index is 1740. The van der Waals surface area contributed by atoms with Gasteiger partial charge in [0.05, 0.1) is 5.41 Å². The van der Waals surface area contributed by atoms with E-state index in [2.05, 4.69) is 161 Å². The van der Waals surface area contributed by atoms with Crippen LogP contribution in [0, 0.1) is 13.8 Å². The van der Waals surface area contributed by atoms with E-state index in [0.717, 1.165) is 0 Å². The standard InChI is InChI=1S/C37H28.C3H8/c1-25-11-18-31(19-12-25)37(32-20-13-26(2)14-21-32)35-10-6-5-9-33(35)34-22-17-30(24-36(34)37)29-16-15-27-7-3-4-8-28(27)23-29;1-3-2/h3-24H,1-2H3;3H2,1-2H3. The molecule has 7 rings (SSSR count). The fourth-order valence-corrected chi connectivity index (χ4v) is 6.22. The van der Waals surface area contributed by atoms with Crippen molar-refractivity contribution in [1.82, 2.24) is 0 Å². The minimum atomic E-state index is -0.375. The molecule has 0 amide bonds. The summed E-state index contributed by atoms with van der Waals surface area (Å²) < 4.78 is 0. The topological polar surface area (TPSA) is 0 Å². The third-order valence-corrected chi connectivity index (χ3v) is 8.10. The van der Waals surface area contributed by atoms with Gasteiger partial charge in [-0.1, -0.05) is 153 Å². The van der Waals surface area contributed by atoms with Crippen LogP contribution < -0.4 is 0 Å². The number of rotatable bonds is 3. The fraction of sp³-hybridized carbons (Fsp3) is 0.150. The molecule has 0 heterocycles. The largest absolute Gasteiger partial charge is 0.0713 e. The van der Waals surface area contributed by atoms with Gasteiger partial charge in [0.15, 0.2) is 0 Å². The molecule has 0 aromatic heterocycles. The summed E-state index contributed by atoms with van der Waals surface area (Å²) in [5, 5.41) is 2.54. The third-order valence-electron chi connectivity index (χ3n) is 8.10. The SMILES string of the molecule is CCC.Cc1ccc(C2(c3ccc(C)cc3)c3ccccc3-c3ccc(-c4ccc5ccccc5c4)cc32)cc1. The Hall–Kier alpha value is -4.42. The highest BCUT2D eigenvalue weighted by Gasteiger charge is 2.46. The van der Waals surface area contributed by atoms with E-state index in [1.807, 2.05) is 0 Å². The van der Waals surface area contributed by atoms with E-state index < -0.39 is 0 Å². The highest BCUT2D eigenvalue weighted by molar-refractivity contribution is 5.91. The number of hydrogen-bond donors (Lipinski definition) is 0. The van der Waals surface area contributed by atoms with Crippen LogP contribution in [0.15, 0.2) is 133 Å². The molecular weight excluding hydrogens is 480 g/mol. The molecule has 0 fully saturated rings. The summed E-state index contributed by atoms with van der Waals surface area (Å²) in [6.07, 6.45) is 1.25. The Morgan fingerprint density at radius 2 is 0.950 bits per heavy atom. The number of aryl methyl sites for hydroxylation is 2. The summed E-state index contributed by atoms with van der Waals surface area (Å²) in [5.41, 5.74) is 12.6. The maximum Gasteiger partial charge on any atom is 0.0713 e. The first-order valence-corrected chi connectivity index (χ1v) is 14.4. The summed E-state index contributed by atoms with van der Waals surface area (Å²) in [6, 6.07) is 49.7. The van der Waals surface area contributed by atoms with Crippen LogP contribution in [-0.2, 0) is 5.41 Å². The second kappa shape index (κ2) is 10.6. The van der Waals surface area contributed by atoms with Gasteiger partial charge in [-0.15, -0.1) is 0 Å². The Kier molecular flexibility index (Phi) is 6.86. The Morgan fingerprint density at radius 3 is 1.60 bits per heavy atom. The van der Waals surface area contributed by atoms with Gasteiger partial charge < -0.3 is 0 Å². The summed E-state index contributed by atoms with van der Waals surface area (Å²) in [4.78, 5) is 0. The fourth-order valence-electron chi connectivity index (χ4n) is 6.22. The maximum absolute atomic E-state index is 2.44. The molecule has 0 N–H and O–H groups in total. The van der Waals surface area contributed by atoms with Crippen molar-refractivity contribution in [1.29, 1.82) is 0 Å². The zero-order valence-electron chi connectivity index (χ0n) is 23.9. The van der Waals surface area contributed by atoms with Crippen LogP contribution in [0.5, 0.6) is 0 Å². The van der Waals surface area contributed by atoms with E-state index >= 15 is 0 Å². The highest BCUT2D eigenvalue weighted by Crippen LogP contribution is 2.56. The number of hydrogen-bond acceptors (Lipinski definition) is 0. The number of fused-ring (bicyclic) bond motifs is 4. The van der Waals surface area contributed by atoms with Crippen LogP contribution in [0.4, 0.5) is 0 Å². The van der Waals surface area contributed by atoms with Gasteiger partial charge in [0.1, 0.15) is 0 Å². The molecule has 0 atom stereocenters. The van der Waals surface area contributed by atoms with Crippen molar-refractivity contribution < 1.29 is 0 Å². The van der Waals surface area contributed by atoms with Gasteiger partial charge >= 0.3 is 0 Å². The van der Waals surface area contributed by atoms with Crippen LogP contribution in [0.1, 0.15) is 53.6 Å². The van der Waals surface area contributed by atoms with E-state index in [0.29, 0.717) is 0 Å². The average molecular weight is 517 g/mol. The van der Waals surface area contributed by atoms with Crippen molar-refractivity contribution in [2.75, 3.05) is 0 Å². The molecule has 1 aliphatic rings. The van der Waals surface area contributed by atoms with Crippen molar-refractivity contribution in [3.8, 4) is 22.3 Å². The van der Waals surface area contributed by atoms with Gasteiger partial charge in [-0.2, -0.15) is 0 Å². The molecule has 196 valence electrons. The monoisotopic (exact) mass is 516 g/mol. The summed E-state index contributed by atoms with van der Waals surface area (Å²) in [5.74, 6) is 0. The van der Waals surface area contributed by atoms with Gasteiger partial charge in [0.2, 0.25) is 0 Å². The zero-order valence-corrected chi connectivity index (χ0v) is 23.9. The van der Waals surface area contributed by atoms with Crippen molar-refractivity contribution in [3.63, 3.8) is 0 Å². The first kappa shape index (κ1) is 25.8. The molecule has 0 nitrogen and oxygen atoms in total. The van der Waals surface area contributed by atoms with E-state index in [1.54, 1.807) is 0 Å². The van der Waals surface area contributed by atoms with Gasteiger partial charge in [-0.25, -0.2) is 0 Å². The zero-order chi connectivity index (χ0) is 27.7. The van der Waals surface area contributed by atoms with Gasteiger partial charge in [0.25, 0.3) is 0 Å². The summed E-state index contributed by atoms with van der Waals surface area (Å²) >= 11 is 0. The molecule has 0 spiro atoms. The van der Waals surface area contributed by atoms with Crippen LogP contribution in [0.3, 0.4) is 0 Å². The van der Waals surface area contributed by atoms with Crippen molar-refractivity contribution in [2.45, 2.75) is 39.5 Å². The van der Waals surface area contributed by atoms with E-state index in [1.165, 1.54) is 72.8 Å². The predicted molar refractivity (Wildman–Crippen MR) is 172 cm³/mol. The minimum Gasteiger partial charge on any atom is -0.0656 e. The lowest BCUT2D eigenvalue weighted by Gasteiger charge is -2.34. The second-order valence-electron chi connectivity index (χ2n) is 11.1. The maximum atomic E-state index is 2.44. The lowest BCUT2D eigenvalue weighted by atomic mass is 9.67. The van der Waals surface area contributed by atoms with Crippen molar-refractivity contribution >= 4 is 10.8 Å². The number of benzene rings is 6. The Balaban J connectivity index is 0.000000925. The second-order valence-corrected chi connectivity index (χ2v) is 11.1. The van der Waals surface area contributed by atoms with Gasteiger partial charge in [-0.3, -0.25) is 0 Å². The predicted octanol–water partition coefficient (Wildman–Crippen LogP) is 10.9. The molecule has 0 bridgehead atoms. The smallest absolute Gasteiger partial charge is 0.0656 e. The molecule has 0 saturated carbocycles. The van der Waals surface area contributed by atoms with Crippen LogP contribution in [-0.4, -0.2) is 0 Å². The van der Waals surface area contributed by atoms with Crippen LogP contribution >= 0.6 is 0 Å². The molecule has 0 saturated heterocycles. The summed E-state index contributed by atoms with van der Waals surface area (Å²) in [6.45, 7) is 8.58. The molecule has 0 heteroatoms. The van der Waals surface area contributed by atoms with Gasteiger partial charge in [0, 0.05) is 0 Å². The molecule has 6 aromatic rings. The molecule has 0 unspecified atom stereocenters. The Morgan fingerprint density at radius 1 is 0.450 bits per heavy atom. The summed E-state index contributed by atoms with van der Waals surface area (Å²) in [7, 11) is 0. The van der Waals surface area contributed by atoms with Crippen LogP contribution in [0.2, 0.25) is 0 Å². The lowest BCUT2D eigenvalue weighted by Crippen LogP contribution is -2.28. The van der Waals surface area contributed by atoms with E-state index in [9.17, 15) is 0 Å².